The van der Waals surface area contributed by atoms with E-state index in [4.69, 9.17) is 11.6 Å². The maximum atomic E-state index is 11.5. The smallest absolute Gasteiger partial charge is 0.308 e. The number of aromatic nitrogens is 4. The Morgan fingerprint density at radius 2 is 2.23 bits per heavy atom. The summed E-state index contributed by atoms with van der Waals surface area (Å²) >= 11 is 6.30. The molecule has 0 aromatic carbocycles. The fraction of sp³-hybridized carbons (Fsp3) is 0.429. The van der Waals surface area contributed by atoms with Crippen molar-refractivity contribution in [3.05, 3.63) is 41.1 Å². The number of pyridine rings is 1. The highest BCUT2D eigenvalue weighted by atomic mass is 35.5. The number of H-pyrrole nitrogens is 1. The first-order valence-corrected chi connectivity index (χ1v) is 10.6. The van der Waals surface area contributed by atoms with E-state index in [1.165, 1.54) is 0 Å². The quantitative estimate of drug-likeness (QED) is 0.620. The molecule has 5 heterocycles. The van der Waals surface area contributed by atoms with Crippen molar-refractivity contribution in [2.45, 2.75) is 38.8 Å². The molecule has 2 aliphatic rings. The van der Waals surface area contributed by atoms with Gasteiger partial charge in [-0.25, -0.2) is 15.0 Å². The van der Waals surface area contributed by atoms with Gasteiger partial charge in [-0.15, -0.1) is 0 Å². The molecule has 1 saturated heterocycles. The Morgan fingerprint density at radius 3 is 3.07 bits per heavy atom. The first kappa shape index (κ1) is 19.1. The van der Waals surface area contributed by atoms with Gasteiger partial charge >= 0.3 is 5.97 Å². The molecule has 2 aliphatic heterocycles. The molecule has 2 atom stereocenters. The van der Waals surface area contributed by atoms with Crippen molar-refractivity contribution < 1.29 is 9.90 Å². The molecule has 1 fully saturated rings. The van der Waals surface area contributed by atoms with Gasteiger partial charge in [-0.3, -0.25) is 4.79 Å². The van der Waals surface area contributed by atoms with Gasteiger partial charge in [0.1, 0.15) is 22.9 Å². The van der Waals surface area contributed by atoms with Gasteiger partial charge in [0.05, 0.1) is 17.3 Å². The number of aliphatic carboxylic acids is 1. The van der Waals surface area contributed by atoms with Crippen molar-refractivity contribution in [2.24, 2.45) is 5.92 Å². The molecule has 0 amide bonds. The molecule has 0 saturated carbocycles. The largest absolute Gasteiger partial charge is 0.481 e. The summed E-state index contributed by atoms with van der Waals surface area (Å²) in [5.74, 6) is -0.242. The van der Waals surface area contributed by atoms with Crippen molar-refractivity contribution in [3.63, 3.8) is 0 Å². The highest BCUT2D eigenvalue weighted by molar-refractivity contribution is 6.30. The van der Waals surface area contributed by atoms with Crippen molar-refractivity contribution in [3.8, 4) is 0 Å². The number of nitrogens with zero attached hydrogens (tertiary/aromatic N) is 5. The van der Waals surface area contributed by atoms with Crippen LogP contribution in [0.15, 0.2) is 24.7 Å². The first-order chi connectivity index (χ1) is 14.5. The number of piperidine rings is 1. The molecule has 30 heavy (non-hydrogen) atoms. The lowest BCUT2D eigenvalue weighted by Crippen LogP contribution is -2.43. The number of carbonyl (C=O) groups is 1. The van der Waals surface area contributed by atoms with Crippen LogP contribution in [0.4, 0.5) is 11.5 Å². The van der Waals surface area contributed by atoms with Crippen LogP contribution < -0.4 is 9.80 Å². The fourth-order valence-electron chi connectivity index (χ4n) is 4.69. The van der Waals surface area contributed by atoms with E-state index in [1.807, 2.05) is 18.3 Å². The number of carboxylic acid groups (broad SMARTS) is 1. The lowest BCUT2D eigenvalue weighted by molar-refractivity contribution is -0.141. The van der Waals surface area contributed by atoms with E-state index in [0.29, 0.717) is 24.7 Å². The molecular formula is C21H23ClN6O2. The van der Waals surface area contributed by atoms with E-state index in [0.717, 1.165) is 53.2 Å². The monoisotopic (exact) mass is 426 g/mol. The Morgan fingerprint density at radius 1 is 1.37 bits per heavy atom. The van der Waals surface area contributed by atoms with E-state index < -0.39 is 5.97 Å². The molecule has 3 aromatic rings. The Bertz CT molecular complexity index is 1120. The van der Waals surface area contributed by atoms with E-state index in [9.17, 15) is 9.90 Å². The van der Waals surface area contributed by atoms with Gasteiger partial charge in [0.15, 0.2) is 0 Å². The average molecular weight is 427 g/mol. The van der Waals surface area contributed by atoms with Gasteiger partial charge in [-0.05, 0) is 31.9 Å². The second-order valence-corrected chi connectivity index (χ2v) is 8.52. The SMILES string of the molecule is C[C@@H]1Cc2ncnc(N3CCC[C@H](C(=O)O)C3)c2CN1c1cc(Cl)nc2[nH]ccc12. The molecular weight excluding hydrogens is 404 g/mol. The van der Waals surface area contributed by atoms with Crippen LogP contribution in [-0.4, -0.2) is 50.1 Å². The summed E-state index contributed by atoms with van der Waals surface area (Å²) in [6, 6.07) is 4.15. The van der Waals surface area contributed by atoms with E-state index in [-0.39, 0.29) is 12.0 Å². The minimum atomic E-state index is -0.737. The van der Waals surface area contributed by atoms with Crippen LogP contribution in [0.5, 0.6) is 0 Å². The molecule has 2 N–H and O–H groups in total. The molecule has 0 radical (unpaired) electrons. The lowest BCUT2D eigenvalue weighted by Gasteiger charge is -2.39. The van der Waals surface area contributed by atoms with Gasteiger partial charge in [0.25, 0.3) is 0 Å². The van der Waals surface area contributed by atoms with Crippen molar-refractivity contribution in [1.29, 1.82) is 0 Å². The summed E-state index contributed by atoms with van der Waals surface area (Å²) in [5, 5.41) is 11.0. The number of hydrogen-bond donors (Lipinski definition) is 2. The fourth-order valence-corrected chi connectivity index (χ4v) is 4.87. The van der Waals surface area contributed by atoms with Gasteiger partial charge in [-0.2, -0.15) is 0 Å². The third-order valence-electron chi connectivity index (χ3n) is 6.22. The van der Waals surface area contributed by atoms with Crippen LogP contribution in [-0.2, 0) is 17.8 Å². The van der Waals surface area contributed by atoms with Gasteiger partial charge in [0, 0.05) is 49.2 Å². The summed E-state index contributed by atoms with van der Waals surface area (Å²) in [7, 11) is 0. The number of rotatable bonds is 3. The molecule has 5 rings (SSSR count). The van der Waals surface area contributed by atoms with Crippen LogP contribution >= 0.6 is 11.6 Å². The molecule has 0 spiro atoms. The van der Waals surface area contributed by atoms with E-state index in [1.54, 1.807) is 6.33 Å². The normalized spacial score (nSPS) is 21.7. The summed E-state index contributed by atoms with van der Waals surface area (Å²) in [6.45, 7) is 4.11. The lowest BCUT2D eigenvalue weighted by atomic mass is 9.95. The van der Waals surface area contributed by atoms with Crippen LogP contribution in [0.1, 0.15) is 31.0 Å². The van der Waals surface area contributed by atoms with Gasteiger partial charge < -0.3 is 19.9 Å². The highest BCUT2D eigenvalue weighted by Gasteiger charge is 2.32. The number of nitrogens with one attached hydrogen (secondary N) is 1. The summed E-state index contributed by atoms with van der Waals surface area (Å²) < 4.78 is 0. The molecule has 9 heteroatoms. The number of anilines is 2. The van der Waals surface area contributed by atoms with Crippen molar-refractivity contribution >= 4 is 40.1 Å². The number of hydrogen-bond acceptors (Lipinski definition) is 6. The summed E-state index contributed by atoms with van der Waals surface area (Å²) in [4.78, 5) is 32.6. The zero-order valence-electron chi connectivity index (χ0n) is 16.7. The second kappa shape index (κ2) is 7.43. The predicted molar refractivity (Wildman–Crippen MR) is 115 cm³/mol. The number of carboxylic acids is 1. The molecule has 0 unspecified atom stereocenters. The predicted octanol–water partition coefficient (Wildman–Crippen LogP) is 3.26. The Balaban J connectivity index is 1.53. The minimum Gasteiger partial charge on any atom is -0.481 e. The van der Waals surface area contributed by atoms with Crippen LogP contribution in [0.25, 0.3) is 11.0 Å². The molecule has 8 nitrogen and oxygen atoms in total. The molecule has 0 aliphatic carbocycles. The van der Waals surface area contributed by atoms with Crippen LogP contribution in [0.2, 0.25) is 5.15 Å². The maximum absolute atomic E-state index is 11.5. The number of fused-ring (bicyclic) bond motifs is 2. The number of halogens is 1. The second-order valence-electron chi connectivity index (χ2n) is 8.13. The minimum absolute atomic E-state index is 0.227. The molecule has 3 aromatic heterocycles. The third kappa shape index (κ3) is 3.25. The van der Waals surface area contributed by atoms with Gasteiger partial charge in [0.2, 0.25) is 0 Å². The van der Waals surface area contributed by atoms with Crippen molar-refractivity contribution in [2.75, 3.05) is 22.9 Å². The maximum Gasteiger partial charge on any atom is 0.308 e. The number of aromatic amines is 1. The third-order valence-corrected chi connectivity index (χ3v) is 6.41. The molecule has 156 valence electrons. The van der Waals surface area contributed by atoms with Crippen LogP contribution in [0.3, 0.4) is 0 Å². The zero-order valence-corrected chi connectivity index (χ0v) is 17.4. The van der Waals surface area contributed by atoms with Crippen LogP contribution in [0, 0.1) is 5.92 Å². The van der Waals surface area contributed by atoms with E-state index >= 15 is 0 Å². The first-order valence-electron chi connectivity index (χ1n) is 10.2. The van der Waals surface area contributed by atoms with Crippen molar-refractivity contribution in [1.82, 2.24) is 19.9 Å². The molecule has 0 bridgehead atoms. The average Bonchev–Trinajstić information content (AvgIpc) is 3.20. The standard InChI is InChI=1S/C21H23ClN6O2/c1-12-7-16-15(10-28(12)17-8-18(22)26-19-14(17)4-5-23-19)20(25-11-24-16)27-6-2-3-13(9-27)21(29)30/h4-5,8,11-13H,2-3,6-7,9-10H2,1H3,(H,23,26)(H,29,30)/t12-,13+/m1/s1. The summed E-state index contributed by atoms with van der Waals surface area (Å²) in [5.41, 5.74) is 3.89. The Hall–Kier alpha value is -2.87. The topological polar surface area (TPSA) is 98.2 Å². The summed E-state index contributed by atoms with van der Waals surface area (Å²) in [6.07, 6.45) is 5.82. The highest BCUT2D eigenvalue weighted by Crippen LogP contribution is 2.37. The van der Waals surface area contributed by atoms with Gasteiger partial charge in [-0.1, -0.05) is 11.6 Å². The zero-order chi connectivity index (χ0) is 20.8. The van der Waals surface area contributed by atoms with E-state index in [2.05, 4.69) is 36.7 Å². The Labute approximate surface area is 178 Å². The Kier molecular flexibility index (Phi) is 4.73.